The zero-order chi connectivity index (χ0) is 25.3. The summed E-state index contributed by atoms with van der Waals surface area (Å²) < 4.78 is 11.2. The van der Waals surface area contributed by atoms with Gasteiger partial charge in [0.05, 0.1) is 25.1 Å². The van der Waals surface area contributed by atoms with E-state index in [1.54, 1.807) is 31.4 Å². The molecule has 0 atom stereocenters. The van der Waals surface area contributed by atoms with E-state index in [1.165, 1.54) is 5.01 Å². The van der Waals surface area contributed by atoms with Crippen molar-refractivity contribution in [1.29, 1.82) is 5.26 Å². The van der Waals surface area contributed by atoms with Crippen molar-refractivity contribution < 1.29 is 14.3 Å². The smallest absolute Gasteiger partial charge is 0.273 e. The normalized spacial score (nSPS) is 13.5. The van der Waals surface area contributed by atoms with Crippen LogP contribution in [0.2, 0.25) is 0 Å². The standard InChI is InChI=1S/C24H25N9O3/c1-3-13-36-22-14-17(8-11-21(22)35-2)19-5-4-12-33(30-19)24(34)16-6-9-18(10-7-16)26-27-20(15-25)23-28-31-32-29-23/h6-11,14,26H,3-5,12-13H2,1-2H3,(H,28,29,31,32). The Labute approximate surface area is 207 Å². The molecule has 12 nitrogen and oxygen atoms in total. The fraction of sp³-hybridized carbons (Fsp3) is 0.292. The number of ether oxygens (including phenoxy) is 2. The molecule has 0 bridgehead atoms. The Balaban J connectivity index is 1.47. The number of rotatable bonds is 9. The first-order valence-electron chi connectivity index (χ1n) is 11.4. The number of anilines is 1. The molecule has 2 heterocycles. The van der Waals surface area contributed by atoms with Crippen LogP contribution < -0.4 is 14.9 Å². The number of nitrogens with one attached hydrogen (secondary N) is 2. The first-order valence-corrected chi connectivity index (χ1v) is 11.4. The van der Waals surface area contributed by atoms with E-state index < -0.39 is 0 Å². The fourth-order valence-corrected chi connectivity index (χ4v) is 3.52. The molecule has 0 spiro atoms. The van der Waals surface area contributed by atoms with E-state index in [-0.39, 0.29) is 17.4 Å². The van der Waals surface area contributed by atoms with Crippen LogP contribution in [0.4, 0.5) is 5.69 Å². The molecule has 4 rings (SSSR count). The van der Waals surface area contributed by atoms with Gasteiger partial charge in [-0.05, 0) is 72.2 Å². The SMILES string of the molecule is CCCOc1cc(C2=NN(C(=O)c3ccc(NN=C(C#N)c4nnn[nH]4)cc3)CCC2)ccc1OC. The number of nitriles is 1. The van der Waals surface area contributed by atoms with Crippen LogP contribution in [0.25, 0.3) is 0 Å². The van der Waals surface area contributed by atoms with Crippen LogP contribution in [-0.2, 0) is 0 Å². The summed E-state index contributed by atoms with van der Waals surface area (Å²) in [6.07, 6.45) is 2.44. The van der Waals surface area contributed by atoms with Crippen molar-refractivity contribution >= 4 is 23.0 Å². The Morgan fingerprint density at radius 3 is 2.78 bits per heavy atom. The third-order valence-corrected chi connectivity index (χ3v) is 5.32. The van der Waals surface area contributed by atoms with E-state index in [0.29, 0.717) is 35.9 Å². The second-order valence-electron chi connectivity index (χ2n) is 7.80. The number of carbonyl (C=O) groups excluding carboxylic acids is 1. The lowest BCUT2D eigenvalue weighted by Crippen LogP contribution is -2.32. The van der Waals surface area contributed by atoms with Gasteiger partial charge in [0.1, 0.15) is 6.07 Å². The molecule has 0 aliphatic carbocycles. The Morgan fingerprint density at radius 2 is 2.08 bits per heavy atom. The number of benzene rings is 2. The highest BCUT2D eigenvalue weighted by Crippen LogP contribution is 2.30. The average Bonchev–Trinajstić information content (AvgIpc) is 3.47. The number of nitrogens with zero attached hydrogens (tertiary/aromatic N) is 7. The van der Waals surface area contributed by atoms with Crippen molar-refractivity contribution in [3.63, 3.8) is 0 Å². The van der Waals surface area contributed by atoms with E-state index in [2.05, 4.69) is 36.3 Å². The molecule has 0 radical (unpaired) electrons. The van der Waals surface area contributed by atoms with Crippen LogP contribution in [0, 0.1) is 11.3 Å². The summed E-state index contributed by atoms with van der Waals surface area (Å²) >= 11 is 0. The van der Waals surface area contributed by atoms with Crippen molar-refractivity contribution in [1.82, 2.24) is 25.6 Å². The van der Waals surface area contributed by atoms with Gasteiger partial charge in [0, 0.05) is 17.7 Å². The molecule has 0 saturated carbocycles. The molecule has 1 amide bonds. The van der Waals surface area contributed by atoms with E-state index in [4.69, 9.17) is 9.47 Å². The van der Waals surface area contributed by atoms with Crippen LogP contribution in [0.3, 0.4) is 0 Å². The first-order chi connectivity index (χ1) is 17.6. The minimum atomic E-state index is -0.205. The number of hydrogen-bond donors (Lipinski definition) is 2. The average molecular weight is 488 g/mol. The second kappa shape index (κ2) is 11.6. The fourth-order valence-electron chi connectivity index (χ4n) is 3.52. The quantitative estimate of drug-likeness (QED) is 0.345. The number of hydrogen-bond acceptors (Lipinski definition) is 10. The summed E-state index contributed by atoms with van der Waals surface area (Å²) in [7, 11) is 1.61. The summed E-state index contributed by atoms with van der Waals surface area (Å²) in [5.74, 6) is 1.27. The van der Waals surface area contributed by atoms with Gasteiger partial charge in [0.2, 0.25) is 11.5 Å². The minimum absolute atomic E-state index is 0.00267. The molecule has 1 aromatic heterocycles. The van der Waals surface area contributed by atoms with Gasteiger partial charge in [0.15, 0.2) is 11.5 Å². The van der Waals surface area contributed by atoms with Crippen molar-refractivity contribution in [2.75, 3.05) is 25.7 Å². The van der Waals surface area contributed by atoms with E-state index >= 15 is 0 Å². The van der Waals surface area contributed by atoms with Crippen LogP contribution >= 0.6 is 0 Å². The predicted octanol–water partition coefficient (Wildman–Crippen LogP) is 2.98. The van der Waals surface area contributed by atoms with E-state index in [1.807, 2.05) is 31.2 Å². The predicted molar refractivity (Wildman–Crippen MR) is 132 cm³/mol. The van der Waals surface area contributed by atoms with Crippen LogP contribution in [0.15, 0.2) is 52.7 Å². The highest BCUT2D eigenvalue weighted by atomic mass is 16.5. The number of methoxy groups -OCH3 is 1. The topological polar surface area (TPSA) is 154 Å². The molecular weight excluding hydrogens is 462 g/mol. The molecule has 1 aliphatic heterocycles. The van der Waals surface area contributed by atoms with Gasteiger partial charge in [-0.2, -0.15) is 15.5 Å². The maximum atomic E-state index is 13.1. The number of hydrazone groups is 2. The van der Waals surface area contributed by atoms with Crippen LogP contribution in [-0.4, -0.2) is 63.2 Å². The molecular formula is C24H25N9O3. The molecule has 184 valence electrons. The minimum Gasteiger partial charge on any atom is -0.493 e. The summed E-state index contributed by atoms with van der Waals surface area (Å²) in [4.78, 5) is 13.1. The molecule has 0 unspecified atom stereocenters. The summed E-state index contributed by atoms with van der Waals surface area (Å²) in [6, 6.07) is 14.3. The highest BCUT2D eigenvalue weighted by molar-refractivity contribution is 6.09. The van der Waals surface area contributed by atoms with Crippen LogP contribution in [0.5, 0.6) is 11.5 Å². The maximum absolute atomic E-state index is 13.1. The number of carbonyl (C=O) groups is 1. The third kappa shape index (κ3) is 5.64. The molecule has 1 aliphatic rings. The molecule has 2 aromatic carbocycles. The summed E-state index contributed by atoms with van der Waals surface area (Å²) in [5, 5.41) is 32.3. The van der Waals surface area contributed by atoms with Gasteiger partial charge >= 0.3 is 0 Å². The molecule has 0 saturated heterocycles. The van der Waals surface area contributed by atoms with Gasteiger partial charge in [-0.1, -0.05) is 6.92 Å². The van der Waals surface area contributed by atoms with Crippen molar-refractivity contribution in [3.05, 3.63) is 59.4 Å². The Kier molecular flexibility index (Phi) is 7.82. The van der Waals surface area contributed by atoms with Crippen molar-refractivity contribution in [3.8, 4) is 17.6 Å². The maximum Gasteiger partial charge on any atom is 0.273 e. The lowest BCUT2D eigenvalue weighted by Gasteiger charge is -2.24. The van der Waals surface area contributed by atoms with Gasteiger partial charge in [-0.15, -0.1) is 5.10 Å². The molecule has 36 heavy (non-hydrogen) atoms. The third-order valence-electron chi connectivity index (χ3n) is 5.32. The summed E-state index contributed by atoms with van der Waals surface area (Å²) in [5.41, 5.74) is 5.55. The van der Waals surface area contributed by atoms with Gasteiger partial charge < -0.3 is 9.47 Å². The van der Waals surface area contributed by atoms with E-state index in [9.17, 15) is 10.1 Å². The van der Waals surface area contributed by atoms with Crippen LogP contribution in [0.1, 0.15) is 47.9 Å². The number of aromatic nitrogens is 4. The van der Waals surface area contributed by atoms with E-state index in [0.717, 1.165) is 30.5 Å². The first kappa shape index (κ1) is 24.3. The van der Waals surface area contributed by atoms with Gasteiger partial charge in [-0.25, -0.2) is 10.1 Å². The molecule has 2 N–H and O–H groups in total. The van der Waals surface area contributed by atoms with Gasteiger partial charge in [0.25, 0.3) is 5.91 Å². The monoisotopic (exact) mass is 487 g/mol. The number of amides is 1. The molecule has 0 fully saturated rings. The Bertz CT molecular complexity index is 1300. The summed E-state index contributed by atoms with van der Waals surface area (Å²) in [6.45, 7) is 3.15. The number of H-pyrrole nitrogens is 1. The zero-order valence-electron chi connectivity index (χ0n) is 19.9. The number of tetrazole rings is 1. The van der Waals surface area contributed by atoms with Crippen molar-refractivity contribution in [2.24, 2.45) is 10.2 Å². The van der Waals surface area contributed by atoms with Gasteiger partial charge in [-0.3, -0.25) is 10.2 Å². The lowest BCUT2D eigenvalue weighted by atomic mass is 10.0. The molecule has 3 aromatic rings. The molecule has 12 heteroatoms. The lowest BCUT2D eigenvalue weighted by molar-refractivity contribution is 0.0751. The van der Waals surface area contributed by atoms with Crippen molar-refractivity contribution in [2.45, 2.75) is 26.2 Å². The zero-order valence-corrected chi connectivity index (χ0v) is 19.9. The highest BCUT2D eigenvalue weighted by Gasteiger charge is 2.21. The largest absolute Gasteiger partial charge is 0.493 e. The Morgan fingerprint density at radius 1 is 1.25 bits per heavy atom. The second-order valence-corrected chi connectivity index (χ2v) is 7.80. The Hall–Kier alpha value is -4.79. The number of aromatic amines is 1.